The molecule has 0 aliphatic heterocycles. The van der Waals surface area contributed by atoms with Gasteiger partial charge in [0.2, 0.25) is 0 Å². The van der Waals surface area contributed by atoms with Gasteiger partial charge in [-0.15, -0.1) is 0 Å². The zero-order chi connectivity index (χ0) is 13.5. The summed E-state index contributed by atoms with van der Waals surface area (Å²) in [6, 6.07) is 4.17. The summed E-state index contributed by atoms with van der Waals surface area (Å²) in [4.78, 5) is 11.7. The van der Waals surface area contributed by atoms with Crippen molar-refractivity contribution in [2.75, 3.05) is 6.54 Å². The Morgan fingerprint density at radius 3 is 2.72 bits per heavy atom. The molecule has 0 aromatic carbocycles. The van der Waals surface area contributed by atoms with Crippen molar-refractivity contribution in [3.05, 3.63) is 33.2 Å². The lowest BCUT2D eigenvalue weighted by molar-refractivity contribution is 0.439. The van der Waals surface area contributed by atoms with Crippen molar-refractivity contribution in [3.63, 3.8) is 0 Å². The molecule has 0 radical (unpaired) electrons. The van der Waals surface area contributed by atoms with Gasteiger partial charge in [-0.1, -0.05) is 13.8 Å². The highest BCUT2D eigenvalue weighted by Gasteiger charge is 2.04. The van der Waals surface area contributed by atoms with Crippen LogP contribution in [0, 0.1) is 5.92 Å². The predicted molar refractivity (Wildman–Crippen MR) is 79.9 cm³/mol. The Balaban J connectivity index is 2.33. The van der Waals surface area contributed by atoms with Gasteiger partial charge in [-0.2, -0.15) is 0 Å². The second-order valence-corrected chi connectivity index (χ2v) is 6.04. The third-order valence-electron chi connectivity index (χ3n) is 3.00. The summed E-state index contributed by atoms with van der Waals surface area (Å²) in [5.41, 5.74) is 0.0362. The van der Waals surface area contributed by atoms with E-state index in [2.05, 4.69) is 42.0 Å². The number of rotatable bonds is 7. The lowest BCUT2D eigenvalue weighted by atomic mass is 10.0. The van der Waals surface area contributed by atoms with Gasteiger partial charge in [0.25, 0.3) is 5.56 Å². The maximum atomic E-state index is 11.7. The highest BCUT2D eigenvalue weighted by Crippen LogP contribution is 2.06. The highest BCUT2D eigenvalue weighted by atomic mass is 79.9. The number of hydrogen-bond acceptors (Lipinski definition) is 2. The Bertz CT molecular complexity index is 415. The second kappa shape index (κ2) is 7.74. The van der Waals surface area contributed by atoms with E-state index >= 15 is 0 Å². The van der Waals surface area contributed by atoms with Crippen molar-refractivity contribution >= 4 is 15.9 Å². The minimum Gasteiger partial charge on any atom is -0.313 e. The molecule has 1 heterocycles. The highest BCUT2D eigenvalue weighted by molar-refractivity contribution is 9.10. The van der Waals surface area contributed by atoms with Crippen molar-refractivity contribution in [3.8, 4) is 0 Å². The summed E-state index contributed by atoms with van der Waals surface area (Å²) in [6.07, 6.45) is 4.25. The average molecular weight is 315 g/mol. The number of nitrogens with zero attached hydrogens (tertiary/aromatic N) is 1. The van der Waals surface area contributed by atoms with Crippen LogP contribution in [0.15, 0.2) is 27.6 Å². The van der Waals surface area contributed by atoms with Crippen LogP contribution >= 0.6 is 15.9 Å². The molecule has 0 amide bonds. The van der Waals surface area contributed by atoms with Crippen LogP contribution < -0.4 is 10.9 Å². The van der Waals surface area contributed by atoms with Crippen LogP contribution in [-0.2, 0) is 6.54 Å². The quantitative estimate of drug-likeness (QED) is 0.839. The van der Waals surface area contributed by atoms with Gasteiger partial charge >= 0.3 is 0 Å². The summed E-state index contributed by atoms with van der Waals surface area (Å²) >= 11 is 3.25. The molecule has 102 valence electrons. The summed E-state index contributed by atoms with van der Waals surface area (Å²) in [5, 5.41) is 3.46. The fourth-order valence-corrected chi connectivity index (χ4v) is 2.18. The first kappa shape index (κ1) is 15.4. The van der Waals surface area contributed by atoms with Gasteiger partial charge in [0.05, 0.1) is 4.47 Å². The van der Waals surface area contributed by atoms with E-state index in [9.17, 15) is 4.79 Å². The van der Waals surface area contributed by atoms with Crippen molar-refractivity contribution in [2.24, 2.45) is 5.92 Å². The van der Waals surface area contributed by atoms with Crippen LogP contribution in [0.1, 0.15) is 33.6 Å². The molecule has 1 atom stereocenters. The molecule has 0 bridgehead atoms. The lowest BCUT2D eigenvalue weighted by Crippen LogP contribution is -2.32. The van der Waals surface area contributed by atoms with Crippen LogP contribution in [0.3, 0.4) is 0 Å². The molecule has 1 N–H and O–H groups in total. The molecule has 1 rings (SSSR count). The molecule has 1 unspecified atom stereocenters. The van der Waals surface area contributed by atoms with E-state index in [0.717, 1.165) is 12.5 Å². The van der Waals surface area contributed by atoms with Crippen LogP contribution in [0.4, 0.5) is 0 Å². The molecular formula is C14H23BrN2O. The zero-order valence-electron chi connectivity index (χ0n) is 11.4. The third kappa shape index (κ3) is 5.36. The topological polar surface area (TPSA) is 34.0 Å². The van der Waals surface area contributed by atoms with E-state index in [0.29, 0.717) is 17.1 Å². The van der Waals surface area contributed by atoms with E-state index in [4.69, 9.17) is 0 Å². The maximum Gasteiger partial charge on any atom is 0.264 e. The van der Waals surface area contributed by atoms with Crippen molar-refractivity contribution in [1.29, 1.82) is 0 Å². The minimum absolute atomic E-state index is 0.0362. The van der Waals surface area contributed by atoms with Gasteiger partial charge in [-0.3, -0.25) is 4.79 Å². The lowest BCUT2D eigenvalue weighted by Gasteiger charge is -2.15. The van der Waals surface area contributed by atoms with E-state index in [1.165, 1.54) is 12.8 Å². The molecule has 0 saturated heterocycles. The van der Waals surface area contributed by atoms with Crippen molar-refractivity contribution in [2.45, 2.75) is 46.2 Å². The molecular weight excluding hydrogens is 292 g/mol. The molecule has 0 aliphatic rings. The Hall–Kier alpha value is -0.610. The summed E-state index contributed by atoms with van der Waals surface area (Å²) < 4.78 is 2.35. The molecule has 18 heavy (non-hydrogen) atoms. The largest absolute Gasteiger partial charge is 0.313 e. The molecule has 0 aliphatic carbocycles. The van der Waals surface area contributed by atoms with Gasteiger partial charge in [0.1, 0.15) is 0 Å². The SMILES string of the molecule is CC(C)CCC(C)NCCn1cccc(Br)c1=O. The molecule has 1 aromatic heterocycles. The Morgan fingerprint density at radius 2 is 2.06 bits per heavy atom. The zero-order valence-corrected chi connectivity index (χ0v) is 13.0. The smallest absolute Gasteiger partial charge is 0.264 e. The minimum atomic E-state index is 0.0362. The first-order valence-electron chi connectivity index (χ1n) is 6.59. The van der Waals surface area contributed by atoms with Crippen LogP contribution in [0.25, 0.3) is 0 Å². The maximum absolute atomic E-state index is 11.7. The average Bonchev–Trinajstić information content (AvgIpc) is 2.32. The van der Waals surface area contributed by atoms with Gasteiger partial charge in [0.15, 0.2) is 0 Å². The first-order chi connectivity index (χ1) is 8.50. The van der Waals surface area contributed by atoms with Crippen molar-refractivity contribution < 1.29 is 0 Å². The number of halogens is 1. The molecule has 3 nitrogen and oxygen atoms in total. The van der Waals surface area contributed by atoms with Crippen LogP contribution in [0.2, 0.25) is 0 Å². The standard InChI is InChI=1S/C14H23BrN2O/c1-11(2)6-7-12(3)16-8-10-17-9-4-5-13(15)14(17)18/h4-5,9,11-12,16H,6-8,10H2,1-3H3. The second-order valence-electron chi connectivity index (χ2n) is 5.18. The van der Waals surface area contributed by atoms with Gasteiger partial charge in [-0.25, -0.2) is 0 Å². The Kier molecular flexibility index (Phi) is 6.65. The van der Waals surface area contributed by atoms with E-state index < -0.39 is 0 Å². The number of hydrogen-bond donors (Lipinski definition) is 1. The van der Waals surface area contributed by atoms with Gasteiger partial charge < -0.3 is 9.88 Å². The van der Waals surface area contributed by atoms with Crippen LogP contribution in [0.5, 0.6) is 0 Å². The van der Waals surface area contributed by atoms with Gasteiger partial charge in [-0.05, 0) is 53.7 Å². The number of pyridine rings is 1. The Labute approximate surface area is 118 Å². The fourth-order valence-electron chi connectivity index (χ4n) is 1.80. The molecule has 4 heteroatoms. The summed E-state index contributed by atoms with van der Waals surface area (Å²) in [7, 11) is 0. The number of nitrogens with one attached hydrogen (secondary N) is 1. The molecule has 0 spiro atoms. The van der Waals surface area contributed by atoms with Gasteiger partial charge in [0, 0.05) is 25.3 Å². The number of aromatic nitrogens is 1. The van der Waals surface area contributed by atoms with E-state index in [1.54, 1.807) is 10.6 Å². The predicted octanol–water partition coefficient (Wildman–Crippen LogP) is 3.03. The monoisotopic (exact) mass is 314 g/mol. The van der Waals surface area contributed by atoms with E-state index in [1.807, 2.05) is 12.3 Å². The molecule has 1 aromatic rings. The fraction of sp³-hybridized carbons (Fsp3) is 0.643. The van der Waals surface area contributed by atoms with Crippen molar-refractivity contribution in [1.82, 2.24) is 9.88 Å². The third-order valence-corrected chi connectivity index (χ3v) is 3.60. The summed E-state index contributed by atoms with van der Waals surface area (Å²) in [5.74, 6) is 0.752. The summed E-state index contributed by atoms with van der Waals surface area (Å²) in [6.45, 7) is 8.23. The normalized spacial score (nSPS) is 12.9. The van der Waals surface area contributed by atoms with Crippen LogP contribution in [-0.4, -0.2) is 17.2 Å². The molecule has 0 saturated carbocycles. The molecule has 0 fully saturated rings. The Morgan fingerprint density at radius 1 is 1.33 bits per heavy atom. The van der Waals surface area contributed by atoms with E-state index in [-0.39, 0.29) is 5.56 Å². The first-order valence-corrected chi connectivity index (χ1v) is 7.38.